The second-order valence-corrected chi connectivity index (χ2v) is 5.20. The van der Waals surface area contributed by atoms with Gasteiger partial charge in [-0.2, -0.15) is 0 Å². The van der Waals surface area contributed by atoms with E-state index in [4.69, 9.17) is 4.74 Å². The molecule has 0 aromatic heterocycles. The molecule has 4 heteroatoms. The molecular weight excluding hydrogens is 216 g/mol. The maximum Gasteiger partial charge on any atom is 0.220 e. The van der Waals surface area contributed by atoms with E-state index in [1.165, 1.54) is 25.7 Å². The third-order valence-electron chi connectivity index (χ3n) is 3.50. The first-order chi connectivity index (χ1) is 8.34. The fraction of sp³-hybridized carbons (Fsp3) is 0.923. The molecule has 2 N–H and O–H groups in total. The predicted molar refractivity (Wildman–Crippen MR) is 66.8 cm³/mol. The number of amides is 1. The second-order valence-electron chi connectivity index (χ2n) is 5.20. The van der Waals surface area contributed by atoms with Crippen LogP contribution in [0.25, 0.3) is 0 Å². The molecule has 0 aromatic carbocycles. The molecule has 1 heterocycles. The zero-order chi connectivity index (χ0) is 11.9. The van der Waals surface area contributed by atoms with Gasteiger partial charge in [-0.15, -0.1) is 0 Å². The molecule has 0 radical (unpaired) electrons. The molecule has 1 amide bonds. The molecule has 2 rings (SSSR count). The number of nitrogens with one attached hydrogen (secondary N) is 2. The van der Waals surface area contributed by atoms with Crippen LogP contribution in [0.2, 0.25) is 0 Å². The van der Waals surface area contributed by atoms with Crippen LogP contribution in [-0.4, -0.2) is 38.3 Å². The van der Waals surface area contributed by atoms with Gasteiger partial charge in [-0.1, -0.05) is 0 Å². The first kappa shape index (κ1) is 12.8. The van der Waals surface area contributed by atoms with Gasteiger partial charge in [0.25, 0.3) is 0 Å². The number of hydrogen-bond donors (Lipinski definition) is 2. The Hall–Kier alpha value is -0.610. The van der Waals surface area contributed by atoms with E-state index in [9.17, 15) is 4.79 Å². The third-order valence-corrected chi connectivity index (χ3v) is 3.50. The molecule has 1 aliphatic carbocycles. The largest absolute Gasteiger partial charge is 0.379 e. The van der Waals surface area contributed by atoms with E-state index in [0.717, 1.165) is 25.5 Å². The zero-order valence-corrected chi connectivity index (χ0v) is 10.5. The maximum absolute atomic E-state index is 11.5. The molecular formula is C13H24N2O2. The SMILES string of the molecule is O=C(CCC1CCCN1)NCCOCC1CC1. The first-order valence-corrected chi connectivity index (χ1v) is 6.92. The van der Waals surface area contributed by atoms with E-state index < -0.39 is 0 Å². The third kappa shape index (κ3) is 5.50. The number of hydrogen-bond acceptors (Lipinski definition) is 3. The van der Waals surface area contributed by atoms with Crippen LogP contribution in [-0.2, 0) is 9.53 Å². The summed E-state index contributed by atoms with van der Waals surface area (Å²) in [6, 6.07) is 0.562. The van der Waals surface area contributed by atoms with Gasteiger partial charge in [0.05, 0.1) is 6.61 Å². The van der Waals surface area contributed by atoms with E-state index in [0.29, 0.717) is 25.6 Å². The average molecular weight is 240 g/mol. The van der Waals surface area contributed by atoms with Crippen LogP contribution in [0.15, 0.2) is 0 Å². The highest BCUT2D eigenvalue weighted by Crippen LogP contribution is 2.28. The minimum absolute atomic E-state index is 0.161. The lowest BCUT2D eigenvalue weighted by atomic mass is 10.1. The van der Waals surface area contributed by atoms with Crippen molar-refractivity contribution in [3.63, 3.8) is 0 Å². The molecule has 0 bridgehead atoms. The lowest BCUT2D eigenvalue weighted by Crippen LogP contribution is -2.29. The van der Waals surface area contributed by atoms with E-state index in [1.807, 2.05) is 0 Å². The summed E-state index contributed by atoms with van der Waals surface area (Å²) in [7, 11) is 0. The fourth-order valence-electron chi connectivity index (χ4n) is 2.19. The molecule has 17 heavy (non-hydrogen) atoms. The first-order valence-electron chi connectivity index (χ1n) is 6.92. The predicted octanol–water partition coefficient (Wildman–Crippen LogP) is 1.06. The van der Waals surface area contributed by atoms with Crippen molar-refractivity contribution >= 4 is 5.91 Å². The van der Waals surface area contributed by atoms with E-state index >= 15 is 0 Å². The number of carbonyl (C=O) groups excluding carboxylic acids is 1. The molecule has 1 saturated carbocycles. The summed E-state index contributed by atoms with van der Waals surface area (Å²) in [6.45, 7) is 3.30. The molecule has 0 aromatic rings. The number of rotatable bonds is 8. The Morgan fingerprint density at radius 3 is 2.94 bits per heavy atom. The summed E-state index contributed by atoms with van der Waals surface area (Å²) in [4.78, 5) is 11.5. The summed E-state index contributed by atoms with van der Waals surface area (Å²) < 4.78 is 5.46. The molecule has 0 spiro atoms. The van der Waals surface area contributed by atoms with Gasteiger partial charge in [-0.05, 0) is 44.6 Å². The van der Waals surface area contributed by atoms with E-state index in [2.05, 4.69) is 10.6 Å². The quantitative estimate of drug-likeness (QED) is 0.624. The van der Waals surface area contributed by atoms with Crippen LogP contribution in [0.3, 0.4) is 0 Å². The Kier molecular flexibility index (Phi) is 5.26. The standard InChI is InChI=1S/C13H24N2O2/c16-13(6-5-12-2-1-7-14-12)15-8-9-17-10-11-3-4-11/h11-12,14H,1-10H2,(H,15,16). The van der Waals surface area contributed by atoms with Crippen molar-refractivity contribution in [2.75, 3.05) is 26.3 Å². The minimum Gasteiger partial charge on any atom is -0.379 e. The maximum atomic E-state index is 11.5. The Bertz CT molecular complexity index is 236. The van der Waals surface area contributed by atoms with Gasteiger partial charge in [0.1, 0.15) is 0 Å². The summed E-state index contributed by atoms with van der Waals surface area (Å²) in [5.41, 5.74) is 0. The van der Waals surface area contributed by atoms with Crippen molar-refractivity contribution in [1.29, 1.82) is 0 Å². The lowest BCUT2D eigenvalue weighted by molar-refractivity contribution is -0.121. The summed E-state index contributed by atoms with van der Waals surface area (Å²) >= 11 is 0. The average Bonchev–Trinajstić information content (AvgIpc) is 3.00. The van der Waals surface area contributed by atoms with Gasteiger partial charge in [0.2, 0.25) is 5.91 Å². The Morgan fingerprint density at radius 1 is 1.35 bits per heavy atom. The van der Waals surface area contributed by atoms with Crippen LogP contribution in [0.4, 0.5) is 0 Å². The van der Waals surface area contributed by atoms with Crippen molar-refractivity contribution in [1.82, 2.24) is 10.6 Å². The molecule has 4 nitrogen and oxygen atoms in total. The Morgan fingerprint density at radius 2 is 2.24 bits per heavy atom. The van der Waals surface area contributed by atoms with Gasteiger partial charge >= 0.3 is 0 Å². The Labute approximate surface area is 103 Å². The van der Waals surface area contributed by atoms with Gasteiger partial charge in [0.15, 0.2) is 0 Å². The van der Waals surface area contributed by atoms with Gasteiger partial charge in [0, 0.05) is 25.6 Å². The minimum atomic E-state index is 0.161. The van der Waals surface area contributed by atoms with Crippen LogP contribution >= 0.6 is 0 Å². The second kappa shape index (κ2) is 6.97. The molecule has 2 aliphatic rings. The zero-order valence-electron chi connectivity index (χ0n) is 10.5. The molecule has 1 aliphatic heterocycles. The molecule has 1 unspecified atom stereocenters. The summed E-state index contributed by atoms with van der Waals surface area (Å²) in [5, 5.41) is 6.31. The van der Waals surface area contributed by atoms with Gasteiger partial charge in [-0.3, -0.25) is 4.79 Å². The fourth-order valence-corrected chi connectivity index (χ4v) is 2.19. The lowest BCUT2D eigenvalue weighted by Gasteiger charge is -2.10. The highest BCUT2D eigenvalue weighted by molar-refractivity contribution is 5.75. The smallest absolute Gasteiger partial charge is 0.220 e. The molecule has 1 atom stereocenters. The molecule has 1 saturated heterocycles. The molecule has 98 valence electrons. The van der Waals surface area contributed by atoms with Crippen LogP contribution in [0.5, 0.6) is 0 Å². The van der Waals surface area contributed by atoms with E-state index in [-0.39, 0.29) is 5.91 Å². The van der Waals surface area contributed by atoms with Crippen molar-refractivity contribution < 1.29 is 9.53 Å². The van der Waals surface area contributed by atoms with Crippen molar-refractivity contribution in [3.8, 4) is 0 Å². The normalized spacial score (nSPS) is 23.9. The number of carbonyl (C=O) groups is 1. The van der Waals surface area contributed by atoms with Crippen LogP contribution < -0.4 is 10.6 Å². The van der Waals surface area contributed by atoms with E-state index in [1.54, 1.807) is 0 Å². The monoisotopic (exact) mass is 240 g/mol. The highest BCUT2D eigenvalue weighted by Gasteiger charge is 2.20. The van der Waals surface area contributed by atoms with Crippen molar-refractivity contribution in [2.24, 2.45) is 5.92 Å². The van der Waals surface area contributed by atoms with Crippen molar-refractivity contribution in [2.45, 2.75) is 44.6 Å². The Balaban J connectivity index is 1.40. The topological polar surface area (TPSA) is 50.4 Å². The van der Waals surface area contributed by atoms with Gasteiger partial charge in [-0.25, -0.2) is 0 Å². The molecule has 2 fully saturated rings. The van der Waals surface area contributed by atoms with Crippen molar-refractivity contribution in [3.05, 3.63) is 0 Å². The van der Waals surface area contributed by atoms with Crippen LogP contribution in [0, 0.1) is 5.92 Å². The number of ether oxygens (including phenoxy) is 1. The van der Waals surface area contributed by atoms with Crippen LogP contribution in [0.1, 0.15) is 38.5 Å². The van der Waals surface area contributed by atoms with Gasteiger partial charge < -0.3 is 15.4 Å². The highest BCUT2D eigenvalue weighted by atomic mass is 16.5. The summed E-state index contributed by atoms with van der Waals surface area (Å²) in [5.74, 6) is 0.966. The summed E-state index contributed by atoms with van der Waals surface area (Å²) in [6.07, 6.45) is 6.72.